The van der Waals surface area contributed by atoms with Crippen LogP contribution in [0.25, 0.3) is 0 Å². The van der Waals surface area contributed by atoms with Gasteiger partial charge in [-0.15, -0.1) is 0 Å². The van der Waals surface area contributed by atoms with E-state index < -0.39 is 18.1 Å². The van der Waals surface area contributed by atoms with E-state index in [1.165, 1.54) is 4.90 Å². The molecular formula is C34H45N3O7S. The topological polar surface area (TPSA) is 114 Å². The number of carbonyl (C=O) groups is 4. The molecule has 0 radical (unpaired) electrons. The maximum atomic E-state index is 13.7. The Bertz CT molecular complexity index is 1270. The van der Waals surface area contributed by atoms with Crippen molar-refractivity contribution in [2.45, 2.75) is 64.6 Å². The number of aryl methyl sites for hydroxylation is 1. The van der Waals surface area contributed by atoms with Crippen LogP contribution in [0.2, 0.25) is 0 Å². The van der Waals surface area contributed by atoms with Crippen LogP contribution >= 0.6 is 11.8 Å². The van der Waals surface area contributed by atoms with Crippen molar-refractivity contribution in [3.05, 3.63) is 65.7 Å². The number of ether oxygens (including phenoxy) is 3. The zero-order chi connectivity index (χ0) is 32.0. The molecule has 0 aliphatic carbocycles. The molecule has 4 rings (SSSR count). The third-order valence-corrected chi connectivity index (χ3v) is 9.24. The first-order chi connectivity index (χ1) is 21.9. The van der Waals surface area contributed by atoms with Gasteiger partial charge in [0.1, 0.15) is 19.2 Å². The molecule has 11 heteroatoms. The van der Waals surface area contributed by atoms with Gasteiger partial charge in [0.15, 0.2) is 0 Å². The summed E-state index contributed by atoms with van der Waals surface area (Å²) in [5.41, 5.74) is 2.63. The summed E-state index contributed by atoms with van der Waals surface area (Å²) < 4.78 is 16.0. The van der Waals surface area contributed by atoms with E-state index in [0.717, 1.165) is 36.1 Å². The van der Waals surface area contributed by atoms with Gasteiger partial charge in [0.2, 0.25) is 5.91 Å². The number of rotatable bonds is 14. The quantitative estimate of drug-likeness (QED) is 0.180. The highest BCUT2D eigenvalue weighted by molar-refractivity contribution is 7.99. The van der Waals surface area contributed by atoms with E-state index in [1.807, 2.05) is 54.6 Å². The summed E-state index contributed by atoms with van der Waals surface area (Å²) in [6.07, 6.45) is 3.63. The molecule has 2 amide bonds. The van der Waals surface area contributed by atoms with Crippen LogP contribution < -0.4 is 10.2 Å². The lowest BCUT2D eigenvalue weighted by atomic mass is 9.95. The Morgan fingerprint density at radius 1 is 0.933 bits per heavy atom. The molecule has 2 heterocycles. The zero-order valence-corrected chi connectivity index (χ0v) is 27.1. The third kappa shape index (κ3) is 10.2. The van der Waals surface area contributed by atoms with Crippen molar-refractivity contribution in [1.29, 1.82) is 0 Å². The predicted molar refractivity (Wildman–Crippen MR) is 174 cm³/mol. The van der Waals surface area contributed by atoms with E-state index in [-0.39, 0.29) is 44.3 Å². The van der Waals surface area contributed by atoms with E-state index in [1.54, 1.807) is 30.5 Å². The highest BCUT2D eigenvalue weighted by Gasteiger charge is 2.35. The van der Waals surface area contributed by atoms with E-state index in [0.29, 0.717) is 43.3 Å². The van der Waals surface area contributed by atoms with Crippen molar-refractivity contribution in [2.24, 2.45) is 5.92 Å². The molecule has 2 aliphatic rings. The largest absolute Gasteiger partial charge is 0.465 e. The van der Waals surface area contributed by atoms with Crippen LogP contribution in [0.3, 0.4) is 0 Å². The minimum Gasteiger partial charge on any atom is -0.465 e. The van der Waals surface area contributed by atoms with E-state index >= 15 is 0 Å². The average Bonchev–Trinajstić information content (AvgIpc) is 3.18. The lowest BCUT2D eigenvalue weighted by Crippen LogP contribution is -2.53. The highest BCUT2D eigenvalue weighted by Crippen LogP contribution is 2.28. The second-order valence-corrected chi connectivity index (χ2v) is 12.4. The highest BCUT2D eigenvalue weighted by atomic mass is 32.2. The average molecular weight is 640 g/mol. The first kappa shape index (κ1) is 34.3. The molecule has 1 N–H and O–H groups in total. The van der Waals surface area contributed by atoms with Gasteiger partial charge >= 0.3 is 18.0 Å². The fraction of sp³-hybridized carbons (Fsp3) is 0.529. The number of carbonyl (C=O) groups excluding carboxylic acids is 4. The molecule has 1 saturated heterocycles. The van der Waals surface area contributed by atoms with Gasteiger partial charge in [0, 0.05) is 24.5 Å². The minimum atomic E-state index is -0.671. The SMILES string of the molecule is CCOC(=O)CN1C(=O)C(NC(CSCCC2CCN(C(=O)OCc3ccccc3)CC2)C(=O)OCC)CCc2ccccc21. The molecule has 1 fully saturated rings. The minimum absolute atomic E-state index is 0.190. The first-order valence-corrected chi connectivity index (χ1v) is 17.1. The van der Waals surface area contributed by atoms with Gasteiger partial charge in [-0.25, -0.2) is 4.79 Å². The van der Waals surface area contributed by atoms with Crippen LogP contribution in [0.4, 0.5) is 10.5 Å². The Morgan fingerprint density at radius 3 is 2.38 bits per heavy atom. The monoisotopic (exact) mass is 639 g/mol. The molecule has 2 aromatic carbocycles. The van der Waals surface area contributed by atoms with E-state index in [2.05, 4.69) is 5.32 Å². The summed E-state index contributed by atoms with van der Waals surface area (Å²) in [5.74, 6) is 0.662. The van der Waals surface area contributed by atoms with Crippen molar-refractivity contribution in [3.8, 4) is 0 Å². The summed E-state index contributed by atoms with van der Waals surface area (Å²) in [5, 5.41) is 3.28. The molecule has 2 aromatic rings. The van der Waals surface area contributed by atoms with Crippen molar-refractivity contribution < 1.29 is 33.4 Å². The molecule has 0 aromatic heterocycles. The molecule has 2 atom stereocenters. The number of piperidine rings is 1. The number of benzene rings is 2. The van der Waals surface area contributed by atoms with Crippen LogP contribution in [-0.4, -0.2) is 85.3 Å². The van der Waals surface area contributed by atoms with Crippen molar-refractivity contribution in [2.75, 3.05) is 49.3 Å². The molecular weight excluding hydrogens is 594 g/mol. The number of anilines is 1. The number of likely N-dealkylation sites (tertiary alicyclic amines) is 1. The Kier molecular flexibility index (Phi) is 13.6. The second-order valence-electron chi connectivity index (χ2n) is 11.3. The van der Waals surface area contributed by atoms with Gasteiger partial charge < -0.3 is 19.1 Å². The van der Waals surface area contributed by atoms with Gasteiger partial charge in [-0.05, 0) is 74.8 Å². The smallest absolute Gasteiger partial charge is 0.410 e. The van der Waals surface area contributed by atoms with Gasteiger partial charge in [-0.1, -0.05) is 48.5 Å². The summed E-state index contributed by atoms with van der Waals surface area (Å²) in [4.78, 5) is 54.9. The van der Waals surface area contributed by atoms with Gasteiger partial charge in [-0.3, -0.25) is 24.6 Å². The number of para-hydroxylation sites is 1. The first-order valence-electron chi connectivity index (χ1n) is 15.9. The summed E-state index contributed by atoms with van der Waals surface area (Å²) in [7, 11) is 0. The standard InChI is InChI=1S/C34H45N3O7S/c1-3-42-31(38)22-37-30-13-9-8-12-27(30)14-15-28(32(37)39)35-29(33(40)43-4-2)24-45-21-18-25-16-19-36(20-17-25)34(41)44-23-26-10-6-5-7-11-26/h5-13,25,28-29,35H,3-4,14-24H2,1-2H3. The number of hydrogen-bond acceptors (Lipinski definition) is 9. The Hall–Kier alpha value is -3.57. The summed E-state index contributed by atoms with van der Waals surface area (Å²) >= 11 is 1.65. The number of nitrogens with one attached hydrogen (secondary N) is 1. The number of esters is 2. The van der Waals surface area contributed by atoms with E-state index in [4.69, 9.17) is 14.2 Å². The fourth-order valence-electron chi connectivity index (χ4n) is 5.71. The van der Waals surface area contributed by atoms with Gasteiger partial charge in [-0.2, -0.15) is 11.8 Å². The van der Waals surface area contributed by atoms with E-state index in [9.17, 15) is 19.2 Å². The Labute approximate surface area is 270 Å². The Balaban J connectivity index is 1.26. The molecule has 2 aliphatic heterocycles. The molecule has 0 spiro atoms. The van der Waals surface area contributed by atoms with Gasteiger partial charge in [0.05, 0.1) is 19.3 Å². The number of thioether (sulfide) groups is 1. The lowest BCUT2D eigenvalue weighted by molar-refractivity contribution is -0.146. The third-order valence-electron chi connectivity index (χ3n) is 8.15. The molecule has 2 unspecified atom stereocenters. The van der Waals surface area contributed by atoms with Gasteiger partial charge in [0.25, 0.3) is 0 Å². The number of fused-ring (bicyclic) bond motifs is 1. The number of nitrogens with zero attached hydrogens (tertiary/aromatic N) is 2. The van der Waals surface area contributed by atoms with Crippen LogP contribution in [0, 0.1) is 5.92 Å². The van der Waals surface area contributed by atoms with Crippen LogP contribution in [0.5, 0.6) is 0 Å². The predicted octanol–water partition coefficient (Wildman–Crippen LogP) is 4.59. The Morgan fingerprint density at radius 2 is 1.64 bits per heavy atom. The number of hydrogen-bond donors (Lipinski definition) is 1. The number of amides is 2. The van der Waals surface area contributed by atoms with Crippen molar-refractivity contribution >= 4 is 41.4 Å². The van der Waals surface area contributed by atoms with Crippen molar-refractivity contribution in [1.82, 2.24) is 10.2 Å². The van der Waals surface area contributed by atoms with Crippen LogP contribution in [0.1, 0.15) is 50.7 Å². The lowest BCUT2D eigenvalue weighted by Gasteiger charge is -2.31. The van der Waals surface area contributed by atoms with Crippen molar-refractivity contribution in [3.63, 3.8) is 0 Å². The summed E-state index contributed by atoms with van der Waals surface area (Å²) in [6.45, 7) is 5.39. The normalized spacial score (nSPS) is 17.6. The van der Waals surface area contributed by atoms with Crippen LogP contribution in [0.15, 0.2) is 54.6 Å². The molecule has 45 heavy (non-hydrogen) atoms. The molecule has 0 saturated carbocycles. The fourth-order valence-corrected chi connectivity index (χ4v) is 6.84. The van der Waals surface area contributed by atoms with Crippen LogP contribution in [-0.2, 0) is 41.6 Å². The maximum Gasteiger partial charge on any atom is 0.410 e. The maximum absolute atomic E-state index is 13.7. The molecule has 244 valence electrons. The molecule has 0 bridgehead atoms. The zero-order valence-electron chi connectivity index (χ0n) is 26.3. The second kappa shape index (κ2) is 17.8. The summed E-state index contributed by atoms with van der Waals surface area (Å²) in [6, 6.07) is 15.9. The molecule has 10 nitrogen and oxygen atoms in total.